The van der Waals surface area contributed by atoms with Crippen LogP contribution in [0.1, 0.15) is 25.5 Å². The third-order valence-corrected chi connectivity index (χ3v) is 2.40. The molecule has 0 aromatic carbocycles. The molecule has 0 saturated heterocycles. The zero-order valence-corrected chi connectivity index (χ0v) is 10.3. The number of aromatic nitrogens is 2. The fourth-order valence-corrected chi connectivity index (χ4v) is 1.32. The van der Waals surface area contributed by atoms with Gasteiger partial charge in [-0.15, -0.1) is 0 Å². The van der Waals surface area contributed by atoms with Crippen molar-refractivity contribution in [2.75, 3.05) is 17.3 Å². The Bertz CT molecular complexity index is 413. The van der Waals surface area contributed by atoms with E-state index in [1.807, 2.05) is 12.3 Å². The summed E-state index contributed by atoms with van der Waals surface area (Å²) in [6, 6.07) is 0.791. The Morgan fingerprint density at radius 1 is 1.42 bits per heavy atom. The smallest absolute Gasteiger partial charge is 0.393 e. The molecule has 6 nitrogen and oxygen atoms in total. The van der Waals surface area contributed by atoms with Crippen LogP contribution in [-0.2, 0) is 6.18 Å². The SMILES string of the molecule is CCC(O)CCNc1cc(C(F)(F)F)nc(NN)n1. The minimum absolute atomic E-state index is 0.00132. The number of nitrogens with zero attached hydrogens (tertiary/aromatic N) is 2. The van der Waals surface area contributed by atoms with Crippen LogP contribution < -0.4 is 16.6 Å². The zero-order valence-electron chi connectivity index (χ0n) is 10.3. The van der Waals surface area contributed by atoms with E-state index < -0.39 is 18.0 Å². The molecule has 0 radical (unpaired) electrons. The Balaban J connectivity index is 2.77. The van der Waals surface area contributed by atoms with Crippen molar-refractivity contribution in [3.8, 4) is 0 Å². The quantitative estimate of drug-likeness (QED) is 0.464. The van der Waals surface area contributed by atoms with Crippen LogP contribution in [0, 0.1) is 0 Å². The molecule has 19 heavy (non-hydrogen) atoms. The monoisotopic (exact) mass is 279 g/mol. The van der Waals surface area contributed by atoms with Crippen LogP contribution in [0.25, 0.3) is 0 Å². The highest BCUT2D eigenvalue weighted by molar-refractivity contribution is 5.42. The van der Waals surface area contributed by atoms with Crippen LogP contribution in [0.15, 0.2) is 6.07 Å². The van der Waals surface area contributed by atoms with Crippen molar-refractivity contribution in [1.29, 1.82) is 0 Å². The number of hydrogen-bond acceptors (Lipinski definition) is 6. The van der Waals surface area contributed by atoms with Crippen LogP contribution in [0.2, 0.25) is 0 Å². The first kappa shape index (κ1) is 15.4. The number of hydrazine groups is 1. The summed E-state index contributed by atoms with van der Waals surface area (Å²) in [6.07, 6.45) is -4.08. The van der Waals surface area contributed by atoms with Crippen molar-refractivity contribution in [2.45, 2.75) is 32.0 Å². The number of halogens is 3. The van der Waals surface area contributed by atoms with E-state index in [0.717, 1.165) is 6.07 Å². The number of anilines is 2. The van der Waals surface area contributed by atoms with Crippen molar-refractivity contribution in [1.82, 2.24) is 9.97 Å². The second-order valence-electron chi connectivity index (χ2n) is 3.88. The summed E-state index contributed by atoms with van der Waals surface area (Å²) in [6.45, 7) is 2.11. The van der Waals surface area contributed by atoms with E-state index >= 15 is 0 Å². The minimum atomic E-state index is -4.58. The number of nitrogens with one attached hydrogen (secondary N) is 2. The largest absolute Gasteiger partial charge is 0.433 e. The van der Waals surface area contributed by atoms with Crippen LogP contribution in [-0.4, -0.2) is 27.7 Å². The summed E-state index contributed by atoms with van der Waals surface area (Å²) in [7, 11) is 0. The molecule has 5 N–H and O–H groups in total. The lowest BCUT2D eigenvalue weighted by Crippen LogP contribution is -2.18. The zero-order chi connectivity index (χ0) is 14.5. The van der Waals surface area contributed by atoms with Crippen molar-refractivity contribution in [2.24, 2.45) is 5.84 Å². The van der Waals surface area contributed by atoms with Gasteiger partial charge in [0.1, 0.15) is 5.82 Å². The molecule has 0 spiro atoms. The molecule has 0 aliphatic rings. The van der Waals surface area contributed by atoms with Gasteiger partial charge in [0.15, 0.2) is 5.69 Å². The lowest BCUT2D eigenvalue weighted by molar-refractivity contribution is -0.141. The number of rotatable bonds is 6. The Labute approximate surface area is 108 Å². The summed E-state index contributed by atoms with van der Waals surface area (Å²) in [5.74, 6) is 4.69. The predicted octanol–water partition coefficient (Wildman–Crippen LogP) is 1.35. The van der Waals surface area contributed by atoms with Crippen LogP contribution in [0.3, 0.4) is 0 Å². The summed E-state index contributed by atoms with van der Waals surface area (Å²) in [4.78, 5) is 6.97. The molecule has 1 atom stereocenters. The van der Waals surface area contributed by atoms with E-state index in [-0.39, 0.29) is 11.8 Å². The molecule has 1 heterocycles. The van der Waals surface area contributed by atoms with Crippen LogP contribution >= 0.6 is 0 Å². The summed E-state index contributed by atoms with van der Waals surface area (Å²) < 4.78 is 37.7. The maximum absolute atomic E-state index is 12.6. The molecule has 1 rings (SSSR count). The fraction of sp³-hybridized carbons (Fsp3) is 0.600. The fourth-order valence-electron chi connectivity index (χ4n) is 1.32. The first-order chi connectivity index (χ1) is 8.86. The Morgan fingerprint density at radius 2 is 2.11 bits per heavy atom. The number of nitrogen functional groups attached to an aromatic ring is 1. The third-order valence-electron chi connectivity index (χ3n) is 2.40. The summed E-state index contributed by atoms with van der Waals surface area (Å²) >= 11 is 0. The molecule has 108 valence electrons. The third kappa shape index (κ3) is 4.87. The van der Waals surface area contributed by atoms with E-state index in [1.54, 1.807) is 0 Å². The lowest BCUT2D eigenvalue weighted by atomic mass is 10.2. The van der Waals surface area contributed by atoms with Crippen molar-refractivity contribution < 1.29 is 18.3 Å². The van der Waals surface area contributed by atoms with E-state index in [4.69, 9.17) is 5.84 Å². The Morgan fingerprint density at radius 3 is 2.63 bits per heavy atom. The molecule has 1 unspecified atom stereocenters. The van der Waals surface area contributed by atoms with E-state index in [1.165, 1.54) is 0 Å². The molecule has 0 saturated carbocycles. The Hall–Kier alpha value is -1.61. The molecular weight excluding hydrogens is 263 g/mol. The summed E-state index contributed by atoms with van der Waals surface area (Å²) in [5, 5.41) is 12.0. The van der Waals surface area contributed by atoms with Gasteiger partial charge in [0, 0.05) is 12.6 Å². The van der Waals surface area contributed by atoms with Crippen LogP contribution in [0.4, 0.5) is 24.9 Å². The molecule has 0 bridgehead atoms. The van der Waals surface area contributed by atoms with Gasteiger partial charge in [-0.05, 0) is 12.8 Å². The standard InChI is InChI=1S/C10H16F3N5O/c1-2-6(19)3-4-15-8-5-7(10(11,12)13)16-9(17-8)18-14/h5-6,19H,2-4,14H2,1H3,(H2,15,16,17,18). The van der Waals surface area contributed by atoms with Crippen LogP contribution in [0.5, 0.6) is 0 Å². The number of alkyl halides is 3. The minimum Gasteiger partial charge on any atom is -0.393 e. The molecule has 0 aliphatic carbocycles. The molecule has 0 amide bonds. The molecule has 1 aromatic heterocycles. The first-order valence-electron chi connectivity index (χ1n) is 5.71. The van der Waals surface area contributed by atoms with Crippen molar-refractivity contribution in [3.05, 3.63) is 11.8 Å². The molecule has 0 aliphatic heterocycles. The van der Waals surface area contributed by atoms with Gasteiger partial charge in [-0.2, -0.15) is 18.2 Å². The predicted molar refractivity (Wildman–Crippen MR) is 64.2 cm³/mol. The van der Waals surface area contributed by atoms with Gasteiger partial charge in [0.25, 0.3) is 0 Å². The molecular formula is C10H16F3N5O. The molecule has 9 heteroatoms. The van der Waals surface area contributed by atoms with Gasteiger partial charge in [-0.25, -0.2) is 10.8 Å². The highest BCUT2D eigenvalue weighted by Crippen LogP contribution is 2.29. The van der Waals surface area contributed by atoms with Gasteiger partial charge in [0.05, 0.1) is 6.10 Å². The van der Waals surface area contributed by atoms with Gasteiger partial charge in [0.2, 0.25) is 5.95 Å². The topological polar surface area (TPSA) is 96.1 Å². The van der Waals surface area contributed by atoms with Crippen molar-refractivity contribution in [3.63, 3.8) is 0 Å². The maximum atomic E-state index is 12.6. The van der Waals surface area contributed by atoms with Gasteiger partial charge in [-0.3, -0.25) is 5.43 Å². The van der Waals surface area contributed by atoms with E-state index in [9.17, 15) is 18.3 Å². The maximum Gasteiger partial charge on any atom is 0.433 e. The van der Waals surface area contributed by atoms with Gasteiger partial charge in [-0.1, -0.05) is 6.92 Å². The number of hydrogen-bond donors (Lipinski definition) is 4. The van der Waals surface area contributed by atoms with Gasteiger partial charge < -0.3 is 10.4 Å². The van der Waals surface area contributed by atoms with E-state index in [2.05, 4.69) is 15.3 Å². The van der Waals surface area contributed by atoms with Crippen molar-refractivity contribution >= 4 is 11.8 Å². The lowest BCUT2D eigenvalue weighted by Gasteiger charge is -2.12. The highest BCUT2D eigenvalue weighted by Gasteiger charge is 2.33. The second-order valence-corrected chi connectivity index (χ2v) is 3.88. The Kier molecular flexibility index (Phi) is 5.31. The average Bonchev–Trinajstić information content (AvgIpc) is 2.37. The second kappa shape index (κ2) is 6.53. The number of aliphatic hydroxyl groups is 1. The summed E-state index contributed by atoms with van der Waals surface area (Å²) in [5.41, 5.74) is 0.890. The first-order valence-corrected chi connectivity index (χ1v) is 5.71. The molecule has 1 aromatic rings. The average molecular weight is 279 g/mol. The van der Waals surface area contributed by atoms with E-state index in [0.29, 0.717) is 19.4 Å². The number of nitrogens with two attached hydrogens (primary N) is 1. The highest BCUT2D eigenvalue weighted by atomic mass is 19.4. The normalized spacial score (nSPS) is 13.2. The molecule has 0 fully saturated rings. The van der Waals surface area contributed by atoms with Gasteiger partial charge >= 0.3 is 6.18 Å². The number of aliphatic hydroxyl groups excluding tert-OH is 1.